The fourth-order valence-electron chi connectivity index (χ4n) is 3.35. The molecule has 1 atom stereocenters. The molecule has 0 saturated carbocycles. The van der Waals surface area contributed by atoms with Crippen LogP contribution in [0.1, 0.15) is 42.0 Å². The number of amides is 1. The van der Waals surface area contributed by atoms with E-state index in [1.165, 1.54) is 10.4 Å². The van der Waals surface area contributed by atoms with Gasteiger partial charge in [-0.25, -0.2) is 0 Å². The maximum Gasteiger partial charge on any atom is 0.230 e. The first-order valence-electron chi connectivity index (χ1n) is 7.34. The molecule has 1 saturated heterocycles. The molecule has 20 heavy (non-hydrogen) atoms. The van der Waals surface area contributed by atoms with Crippen molar-refractivity contribution < 1.29 is 4.79 Å². The van der Waals surface area contributed by atoms with E-state index in [0.717, 1.165) is 51.7 Å². The molecule has 1 aromatic heterocycles. The number of carbonyl (C=O) groups is 1. The maximum atomic E-state index is 12.7. The molecule has 5 heteroatoms. The fraction of sp³-hybridized carbons (Fsp3) is 0.667. The van der Waals surface area contributed by atoms with E-state index in [1.807, 2.05) is 11.3 Å². The number of likely N-dealkylation sites (tertiary alicyclic amines) is 1. The van der Waals surface area contributed by atoms with Crippen molar-refractivity contribution in [3.05, 3.63) is 21.9 Å². The second-order valence-corrected chi connectivity index (χ2v) is 6.75. The van der Waals surface area contributed by atoms with Gasteiger partial charge in [-0.1, -0.05) is 0 Å². The predicted molar refractivity (Wildman–Crippen MR) is 85.6 cm³/mol. The summed E-state index contributed by atoms with van der Waals surface area (Å²) in [4.78, 5) is 16.2. The molecule has 112 valence electrons. The Hall–Kier alpha value is -0.580. The first kappa shape index (κ1) is 15.8. The third-order valence-electron chi connectivity index (χ3n) is 4.61. The second-order valence-electron chi connectivity index (χ2n) is 5.75. The number of halogens is 1. The van der Waals surface area contributed by atoms with E-state index in [1.54, 1.807) is 0 Å². The summed E-state index contributed by atoms with van der Waals surface area (Å²) in [5.74, 6) is 1.10. The number of nitrogens with zero attached hydrogens (tertiary/aromatic N) is 1. The van der Waals surface area contributed by atoms with Crippen molar-refractivity contribution in [3.63, 3.8) is 0 Å². The molecule has 2 heterocycles. The topological polar surface area (TPSA) is 46.3 Å². The molecule has 0 radical (unpaired) electrons. The molecular weight excluding hydrogens is 292 g/mol. The largest absolute Gasteiger partial charge is 0.342 e. The molecule has 1 amide bonds. The molecule has 1 fully saturated rings. The van der Waals surface area contributed by atoms with Crippen LogP contribution in [0, 0.1) is 5.92 Å². The molecule has 1 aromatic rings. The number of thiophene rings is 1. The lowest BCUT2D eigenvalue weighted by Gasteiger charge is -2.35. The van der Waals surface area contributed by atoms with Gasteiger partial charge in [-0.2, -0.15) is 0 Å². The molecule has 3 rings (SSSR count). The third kappa shape index (κ3) is 3.02. The second kappa shape index (κ2) is 6.92. The number of aryl methyl sites for hydroxylation is 1. The van der Waals surface area contributed by atoms with Crippen LogP contribution >= 0.6 is 23.7 Å². The van der Waals surface area contributed by atoms with Crippen LogP contribution in [0.3, 0.4) is 0 Å². The highest BCUT2D eigenvalue weighted by Crippen LogP contribution is 2.36. The summed E-state index contributed by atoms with van der Waals surface area (Å²) >= 11 is 1.81. The number of carbonyl (C=O) groups excluding carboxylic acids is 1. The first-order chi connectivity index (χ1) is 9.29. The molecule has 0 spiro atoms. The van der Waals surface area contributed by atoms with Crippen molar-refractivity contribution in [2.75, 3.05) is 19.6 Å². The summed E-state index contributed by atoms with van der Waals surface area (Å²) in [5.41, 5.74) is 7.02. The molecule has 0 bridgehead atoms. The fourth-order valence-corrected chi connectivity index (χ4v) is 4.34. The monoisotopic (exact) mass is 314 g/mol. The Kier molecular flexibility index (Phi) is 5.47. The summed E-state index contributed by atoms with van der Waals surface area (Å²) in [7, 11) is 0. The Labute approximate surface area is 130 Å². The standard InChI is InChI=1S/C15H22N2OS.ClH/c16-10-11-4-7-17(8-5-11)15(18)13-2-1-3-14-12(13)6-9-19-14;/h6,9,11,13H,1-5,7-8,10,16H2;1H. The van der Waals surface area contributed by atoms with Crippen molar-refractivity contribution in [1.82, 2.24) is 4.90 Å². The number of fused-ring (bicyclic) bond motifs is 1. The van der Waals surface area contributed by atoms with E-state index >= 15 is 0 Å². The van der Waals surface area contributed by atoms with Crippen LogP contribution in [0.25, 0.3) is 0 Å². The van der Waals surface area contributed by atoms with Gasteiger partial charge in [0.2, 0.25) is 5.91 Å². The van der Waals surface area contributed by atoms with Crippen LogP contribution in [-0.2, 0) is 11.2 Å². The molecule has 2 N–H and O–H groups in total. The minimum absolute atomic E-state index is 0. The van der Waals surface area contributed by atoms with E-state index in [0.29, 0.717) is 11.8 Å². The average Bonchev–Trinajstić information content (AvgIpc) is 2.95. The van der Waals surface area contributed by atoms with Gasteiger partial charge in [0, 0.05) is 18.0 Å². The van der Waals surface area contributed by atoms with Gasteiger partial charge in [0.25, 0.3) is 0 Å². The van der Waals surface area contributed by atoms with E-state index in [4.69, 9.17) is 5.73 Å². The zero-order valence-corrected chi connectivity index (χ0v) is 13.3. The predicted octanol–water partition coefficient (Wildman–Crippen LogP) is 2.79. The molecular formula is C15H23ClN2OS. The van der Waals surface area contributed by atoms with E-state index in [9.17, 15) is 4.79 Å². The van der Waals surface area contributed by atoms with Crippen LogP contribution < -0.4 is 5.73 Å². The quantitative estimate of drug-likeness (QED) is 0.912. The summed E-state index contributed by atoms with van der Waals surface area (Å²) in [5, 5.41) is 2.14. The smallest absolute Gasteiger partial charge is 0.230 e. The van der Waals surface area contributed by atoms with Gasteiger partial charge in [0.15, 0.2) is 0 Å². The van der Waals surface area contributed by atoms with Gasteiger partial charge in [0.05, 0.1) is 5.92 Å². The number of hydrogen-bond donors (Lipinski definition) is 1. The molecule has 1 aliphatic carbocycles. The van der Waals surface area contributed by atoms with Crippen molar-refractivity contribution in [3.8, 4) is 0 Å². The third-order valence-corrected chi connectivity index (χ3v) is 5.61. The number of hydrogen-bond acceptors (Lipinski definition) is 3. The highest BCUT2D eigenvalue weighted by Gasteiger charge is 2.32. The summed E-state index contributed by atoms with van der Waals surface area (Å²) in [6.07, 6.45) is 5.49. The van der Waals surface area contributed by atoms with E-state index in [2.05, 4.69) is 16.3 Å². The van der Waals surface area contributed by atoms with Crippen LogP contribution in [-0.4, -0.2) is 30.4 Å². The van der Waals surface area contributed by atoms with Crippen LogP contribution in [0.4, 0.5) is 0 Å². The van der Waals surface area contributed by atoms with Gasteiger partial charge >= 0.3 is 0 Å². The lowest BCUT2D eigenvalue weighted by Crippen LogP contribution is -2.42. The molecule has 1 unspecified atom stereocenters. The van der Waals surface area contributed by atoms with Crippen molar-refractivity contribution in [2.45, 2.75) is 38.0 Å². The normalized spacial score (nSPS) is 23.1. The molecule has 0 aromatic carbocycles. The van der Waals surface area contributed by atoms with Crippen molar-refractivity contribution in [2.24, 2.45) is 11.7 Å². The summed E-state index contributed by atoms with van der Waals surface area (Å²) in [6, 6.07) is 2.16. The zero-order valence-electron chi connectivity index (χ0n) is 11.7. The van der Waals surface area contributed by atoms with Crippen LogP contribution in [0.15, 0.2) is 11.4 Å². The lowest BCUT2D eigenvalue weighted by atomic mass is 9.86. The van der Waals surface area contributed by atoms with Gasteiger partial charge in [0.1, 0.15) is 0 Å². The van der Waals surface area contributed by atoms with Gasteiger partial charge in [-0.15, -0.1) is 23.7 Å². The minimum Gasteiger partial charge on any atom is -0.342 e. The van der Waals surface area contributed by atoms with E-state index < -0.39 is 0 Å². The Balaban J connectivity index is 0.00000147. The van der Waals surface area contributed by atoms with Gasteiger partial charge in [-0.05, 0) is 61.6 Å². The highest BCUT2D eigenvalue weighted by molar-refractivity contribution is 7.10. The lowest BCUT2D eigenvalue weighted by molar-refractivity contribution is -0.134. The van der Waals surface area contributed by atoms with Crippen molar-refractivity contribution in [1.29, 1.82) is 0 Å². The number of piperidine rings is 1. The van der Waals surface area contributed by atoms with Crippen LogP contribution in [0.5, 0.6) is 0 Å². The first-order valence-corrected chi connectivity index (χ1v) is 8.22. The SMILES string of the molecule is Cl.NCC1CCN(C(=O)C2CCCc3sccc32)CC1. The molecule has 1 aliphatic heterocycles. The Morgan fingerprint density at radius 1 is 1.35 bits per heavy atom. The maximum absolute atomic E-state index is 12.7. The van der Waals surface area contributed by atoms with Crippen LogP contribution in [0.2, 0.25) is 0 Å². The Morgan fingerprint density at radius 2 is 2.10 bits per heavy atom. The average molecular weight is 315 g/mol. The Morgan fingerprint density at radius 3 is 2.80 bits per heavy atom. The molecule has 2 aliphatic rings. The zero-order chi connectivity index (χ0) is 13.2. The summed E-state index contributed by atoms with van der Waals surface area (Å²) < 4.78 is 0. The van der Waals surface area contributed by atoms with E-state index in [-0.39, 0.29) is 18.3 Å². The van der Waals surface area contributed by atoms with Gasteiger partial charge in [-0.3, -0.25) is 4.79 Å². The number of nitrogens with two attached hydrogens (primary N) is 1. The highest BCUT2D eigenvalue weighted by atomic mass is 35.5. The van der Waals surface area contributed by atoms with Crippen molar-refractivity contribution >= 4 is 29.7 Å². The Bertz CT molecular complexity index is 454. The van der Waals surface area contributed by atoms with Gasteiger partial charge < -0.3 is 10.6 Å². The minimum atomic E-state index is 0. The summed E-state index contributed by atoms with van der Waals surface area (Å²) in [6.45, 7) is 2.56. The number of rotatable bonds is 2. The molecule has 3 nitrogen and oxygen atoms in total.